The first-order valence-corrected chi connectivity index (χ1v) is 12.1. The molecule has 2 fully saturated rings. The molecule has 6 nitrogen and oxygen atoms in total. The van der Waals surface area contributed by atoms with Crippen molar-refractivity contribution in [3.63, 3.8) is 0 Å². The van der Waals surface area contributed by atoms with Crippen LogP contribution in [0.4, 0.5) is 0 Å². The van der Waals surface area contributed by atoms with E-state index in [2.05, 4.69) is 42.2 Å². The van der Waals surface area contributed by atoms with Crippen LogP contribution in [-0.2, 0) is 29.0 Å². The van der Waals surface area contributed by atoms with Gasteiger partial charge in [0.1, 0.15) is 17.6 Å². The van der Waals surface area contributed by atoms with Gasteiger partial charge >= 0.3 is 0 Å². The first-order valence-electron chi connectivity index (χ1n) is 12.1. The molecule has 5 rings (SSSR count). The molecule has 0 bridgehead atoms. The summed E-state index contributed by atoms with van der Waals surface area (Å²) in [6, 6.07) is -0.367. The summed E-state index contributed by atoms with van der Waals surface area (Å²) in [5.74, 6) is 2.25. The minimum absolute atomic E-state index is 0.0856. The molecule has 170 valence electrons. The molecule has 32 heavy (non-hydrogen) atoms. The van der Waals surface area contributed by atoms with Gasteiger partial charge in [0, 0.05) is 50.3 Å². The largest absolute Gasteiger partial charge is 0.461 e. The first kappa shape index (κ1) is 21.3. The number of furan rings is 1. The highest BCUT2D eigenvalue weighted by molar-refractivity contribution is 5.95. The fourth-order valence-electron chi connectivity index (χ4n) is 5.43. The number of hydrogen-bond acceptors (Lipinski definition) is 4. The SMILES string of the molecule is CCc1oc2c(c1CN1CCN3C(=O)CN(CCC4=CCCC=C4)C(=O)[C@@H]3C1)CCC=C2. The fourth-order valence-corrected chi connectivity index (χ4v) is 5.43. The lowest BCUT2D eigenvalue weighted by Gasteiger charge is -2.46. The van der Waals surface area contributed by atoms with Gasteiger partial charge < -0.3 is 14.2 Å². The van der Waals surface area contributed by atoms with E-state index in [9.17, 15) is 9.59 Å². The van der Waals surface area contributed by atoms with Crippen LogP contribution in [0.5, 0.6) is 0 Å². The molecule has 0 N–H and O–H groups in total. The average molecular weight is 436 g/mol. The van der Waals surface area contributed by atoms with Gasteiger partial charge in [-0.3, -0.25) is 14.5 Å². The molecule has 6 heteroatoms. The zero-order chi connectivity index (χ0) is 22.1. The van der Waals surface area contributed by atoms with Crippen LogP contribution in [0.15, 0.2) is 34.3 Å². The quantitative estimate of drug-likeness (QED) is 0.688. The maximum atomic E-state index is 13.3. The molecule has 2 aliphatic carbocycles. The third kappa shape index (κ3) is 4.08. The number of nitrogens with zero attached hydrogens (tertiary/aromatic N) is 3. The molecular weight excluding hydrogens is 402 g/mol. The zero-order valence-electron chi connectivity index (χ0n) is 19.0. The number of hydrogen-bond donors (Lipinski definition) is 0. The van der Waals surface area contributed by atoms with Gasteiger partial charge in [0.05, 0.1) is 6.54 Å². The lowest BCUT2D eigenvalue weighted by atomic mass is 9.97. The van der Waals surface area contributed by atoms with Gasteiger partial charge in [-0.1, -0.05) is 36.8 Å². The molecule has 0 spiro atoms. The second-order valence-electron chi connectivity index (χ2n) is 9.25. The first-order chi connectivity index (χ1) is 15.6. The molecule has 1 atom stereocenters. The van der Waals surface area contributed by atoms with Crippen LogP contribution in [-0.4, -0.2) is 65.3 Å². The molecule has 2 amide bonds. The third-order valence-electron chi connectivity index (χ3n) is 7.21. The second-order valence-corrected chi connectivity index (χ2v) is 9.25. The van der Waals surface area contributed by atoms with E-state index < -0.39 is 0 Å². The van der Waals surface area contributed by atoms with Crippen molar-refractivity contribution in [3.05, 3.63) is 52.5 Å². The Balaban J connectivity index is 1.27. The van der Waals surface area contributed by atoms with Gasteiger partial charge in [0.2, 0.25) is 11.8 Å². The number of carbonyl (C=O) groups is 2. The van der Waals surface area contributed by atoms with Crippen molar-refractivity contribution in [3.8, 4) is 0 Å². The monoisotopic (exact) mass is 435 g/mol. The van der Waals surface area contributed by atoms with Crippen molar-refractivity contribution in [2.24, 2.45) is 0 Å². The second kappa shape index (κ2) is 9.10. The topological polar surface area (TPSA) is 57.0 Å². The van der Waals surface area contributed by atoms with Crippen LogP contribution in [0.1, 0.15) is 55.3 Å². The number of carbonyl (C=O) groups excluding carboxylic acids is 2. The lowest BCUT2D eigenvalue weighted by Crippen LogP contribution is -2.66. The van der Waals surface area contributed by atoms with E-state index in [-0.39, 0.29) is 24.4 Å². The van der Waals surface area contributed by atoms with E-state index in [0.717, 1.165) is 63.1 Å². The van der Waals surface area contributed by atoms with Crippen LogP contribution < -0.4 is 0 Å². The number of piperazine rings is 2. The third-order valence-corrected chi connectivity index (χ3v) is 7.21. The molecular formula is C26H33N3O3. The minimum Gasteiger partial charge on any atom is -0.461 e. The number of rotatable bonds is 6. The number of allylic oxidation sites excluding steroid dienone is 4. The molecule has 1 aromatic rings. The smallest absolute Gasteiger partial charge is 0.247 e. The highest BCUT2D eigenvalue weighted by Gasteiger charge is 2.42. The van der Waals surface area contributed by atoms with Gasteiger partial charge in [-0.05, 0) is 38.2 Å². The Morgan fingerprint density at radius 1 is 1.09 bits per heavy atom. The predicted octanol–water partition coefficient (Wildman–Crippen LogP) is 3.32. The molecule has 0 aromatic carbocycles. The molecule has 0 saturated carbocycles. The summed E-state index contributed by atoms with van der Waals surface area (Å²) < 4.78 is 6.12. The van der Waals surface area contributed by atoms with Crippen LogP contribution in [0, 0.1) is 0 Å². The van der Waals surface area contributed by atoms with Crippen molar-refractivity contribution in [1.82, 2.24) is 14.7 Å². The molecule has 1 aromatic heterocycles. The Hall–Kier alpha value is -2.60. The Kier molecular flexibility index (Phi) is 6.05. The summed E-state index contributed by atoms with van der Waals surface area (Å²) >= 11 is 0. The number of aryl methyl sites for hydroxylation is 1. The van der Waals surface area contributed by atoms with E-state index in [1.54, 1.807) is 4.90 Å². The van der Waals surface area contributed by atoms with Crippen molar-refractivity contribution in [1.29, 1.82) is 0 Å². The van der Waals surface area contributed by atoms with Gasteiger partial charge in [0.15, 0.2) is 0 Å². The predicted molar refractivity (Wildman–Crippen MR) is 124 cm³/mol. The number of fused-ring (bicyclic) bond motifs is 2. The average Bonchev–Trinajstić information content (AvgIpc) is 3.18. The standard InChI is InChI=1S/C26H33N3O3/c1-2-23-21(20-10-6-7-11-24(20)32-23)16-27-14-15-29-22(17-27)26(31)28(18-25(29)30)13-12-19-8-4-3-5-9-19/h4,7-9,11,22H,2-3,5-6,10,12-18H2,1H3/t22-/m0/s1. The van der Waals surface area contributed by atoms with E-state index in [0.29, 0.717) is 19.6 Å². The minimum atomic E-state index is -0.367. The van der Waals surface area contributed by atoms with Gasteiger partial charge in [0.25, 0.3) is 0 Å². The highest BCUT2D eigenvalue weighted by atomic mass is 16.3. The summed E-state index contributed by atoms with van der Waals surface area (Å²) in [6.07, 6.45) is 16.8. The Morgan fingerprint density at radius 3 is 2.78 bits per heavy atom. The van der Waals surface area contributed by atoms with Crippen LogP contribution >= 0.6 is 0 Å². The molecule has 2 aliphatic heterocycles. The normalized spacial score (nSPS) is 23.4. The van der Waals surface area contributed by atoms with Crippen LogP contribution in [0.25, 0.3) is 6.08 Å². The highest BCUT2D eigenvalue weighted by Crippen LogP contribution is 2.31. The maximum Gasteiger partial charge on any atom is 0.247 e. The number of amides is 2. The zero-order valence-corrected chi connectivity index (χ0v) is 19.0. The Bertz CT molecular complexity index is 987. The molecule has 0 unspecified atom stereocenters. The summed E-state index contributed by atoms with van der Waals surface area (Å²) in [5.41, 5.74) is 3.89. The van der Waals surface area contributed by atoms with E-state index in [1.807, 2.05) is 4.90 Å². The van der Waals surface area contributed by atoms with Crippen LogP contribution in [0.3, 0.4) is 0 Å². The summed E-state index contributed by atoms with van der Waals surface area (Å²) in [5, 5.41) is 0. The molecule has 3 heterocycles. The van der Waals surface area contributed by atoms with Crippen molar-refractivity contribution >= 4 is 17.9 Å². The summed E-state index contributed by atoms with van der Waals surface area (Å²) in [7, 11) is 0. The summed E-state index contributed by atoms with van der Waals surface area (Å²) in [4.78, 5) is 32.1. The van der Waals surface area contributed by atoms with Gasteiger partial charge in [-0.25, -0.2) is 0 Å². The van der Waals surface area contributed by atoms with E-state index >= 15 is 0 Å². The van der Waals surface area contributed by atoms with Crippen molar-refractivity contribution in [2.75, 3.05) is 32.7 Å². The van der Waals surface area contributed by atoms with Gasteiger partial charge in [-0.15, -0.1) is 0 Å². The molecule has 4 aliphatic rings. The molecule has 0 radical (unpaired) electrons. The van der Waals surface area contributed by atoms with E-state index in [4.69, 9.17) is 4.42 Å². The van der Waals surface area contributed by atoms with Crippen LogP contribution in [0.2, 0.25) is 0 Å². The van der Waals surface area contributed by atoms with E-state index in [1.165, 1.54) is 16.7 Å². The Morgan fingerprint density at radius 2 is 1.97 bits per heavy atom. The van der Waals surface area contributed by atoms with Gasteiger partial charge in [-0.2, -0.15) is 0 Å². The van der Waals surface area contributed by atoms with Crippen molar-refractivity contribution in [2.45, 2.75) is 58.0 Å². The summed E-state index contributed by atoms with van der Waals surface area (Å²) in [6.45, 7) is 5.78. The fraction of sp³-hybridized carbons (Fsp3) is 0.538. The lowest BCUT2D eigenvalue weighted by molar-refractivity contribution is -0.159. The van der Waals surface area contributed by atoms with Crippen molar-refractivity contribution < 1.29 is 14.0 Å². The Labute approximate surface area is 190 Å². The molecule has 2 saturated heterocycles. The maximum absolute atomic E-state index is 13.3.